The number of aromatic nitrogens is 2. The van der Waals surface area contributed by atoms with Crippen molar-refractivity contribution in [1.29, 1.82) is 0 Å². The molecule has 6 nitrogen and oxygen atoms in total. The summed E-state index contributed by atoms with van der Waals surface area (Å²) in [5.41, 5.74) is 7.68. The van der Waals surface area contributed by atoms with E-state index in [4.69, 9.17) is 5.73 Å². The van der Waals surface area contributed by atoms with Crippen molar-refractivity contribution in [3.63, 3.8) is 0 Å². The van der Waals surface area contributed by atoms with Gasteiger partial charge in [0, 0.05) is 18.0 Å². The molecule has 0 aliphatic carbocycles. The Morgan fingerprint density at radius 2 is 2.36 bits per heavy atom. The molecule has 2 aromatic rings. The third-order valence-electron chi connectivity index (χ3n) is 3.50. The van der Waals surface area contributed by atoms with E-state index in [1.807, 2.05) is 19.1 Å². The minimum atomic E-state index is -0.400. The number of nitrogens with zero attached hydrogens (tertiary/aromatic N) is 1. The number of nitrogen functional groups attached to an aromatic ring is 1. The fraction of sp³-hybridized carbons (Fsp3) is 0.267. The number of fused-ring (bicyclic) bond motifs is 1. The Labute approximate surface area is 131 Å². The van der Waals surface area contributed by atoms with Gasteiger partial charge in [-0.2, -0.15) is 0 Å². The normalized spacial score (nSPS) is 16.3. The van der Waals surface area contributed by atoms with Crippen LogP contribution in [0.2, 0.25) is 0 Å². The molecule has 22 heavy (non-hydrogen) atoms. The highest BCUT2D eigenvalue weighted by Gasteiger charge is 2.26. The fourth-order valence-electron chi connectivity index (χ4n) is 2.37. The molecule has 1 aliphatic heterocycles. The van der Waals surface area contributed by atoms with Gasteiger partial charge in [0.1, 0.15) is 5.03 Å². The summed E-state index contributed by atoms with van der Waals surface area (Å²) < 4.78 is 0. The van der Waals surface area contributed by atoms with Crippen molar-refractivity contribution in [2.24, 2.45) is 0 Å². The third-order valence-corrected chi connectivity index (χ3v) is 4.75. The van der Waals surface area contributed by atoms with Crippen LogP contribution in [0.5, 0.6) is 0 Å². The molecule has 0 saturated carbocycles. The largest absolute Gasteiger partial charge is 0.399 e. The number of anilines is 1. The van der Waals surface area contributed by atoms with E-state index in [0.717, 1.165) is 11.3 Å². The average Bonchev–Trinajstić information content (AvgIpc) is 2.86. The zero-order chi connectivity index (χ0) is 15.7. The van der Waals surface area contributed by atoms with E-state index in [1.165, 1.54) is 11.8 Å². The topological polar surface area (TPSA) is 101 Å². The second kappa shape index (κ2) is 5.84. The van der Waals surface area contributed by atoms with Crippen LogP contribution < -0.4 is 16.6 Å². The molecular formula is C15H16N4O2S. The number of nitrogens with two attached hydrogens (primary N) is 1. The zero-order valence-corrected chi connectivity index (χ0v) is 12.9. The van der Waals surface area contributed by atoms with Gasteiger partial charge in [-0.25, -0.2) is 4.98 Å². The molecule has 3 rings (SSSR count). The number of aromatic amines is 1. The van der Waals surface area contributed by atoms with Gasteiger partial charge in [0.2, 0.25) is 0 Å². The molecule has 1 aromatic heterocycles. The highest BCUT2D eigenvalue weighted by molar-refractivity contribution is 7.99. The lowest BCUT2D eigenvalue weighted by molar-refractivity contribution is 0.0939. The number of carbonyl (C=O) groups is 1. The van der Waals surface area contributed by atoms with Gasteiger partial charge in [0.15, 0.2) is 5.82 Å². The maximum Gasteiger partial charge on any atom is 0.287 e. The van der Waals surface area contributed by atoms with Crippen molar-refractivity contribution in [3.05, 3.63) is 51.6 Å². The van der Waals surface area contributed by atoms with Crippen molar-refractivity contribution < 1.29 is 4.79 Å². The predicted molar refractivity (Wildman–Crippen MR) is 86.0 cm³/mol. The summed E-state index contributed by atoms with van der Waals surface area (Å²) >= 11 is 1.51. The molecule has 0 saturated heterocycles. The highest BCUT2D eigenvalue weighted by atomic mass is 32.2. The lowest BCUT2D eigenvalue weighted by Gasteiger charge is -2.07. The van der Waals surface area contributed by atoms with Gasteiger partial charge in [-0.05, 0) is 23.6 Å². The molecule has 1 aliphatic rings. The predicted octanol–water partition coefficient (Wildman–Crippen LogP) is 1.49. The van der Waals surface area contributed by atoms with E-state index < -0.39 is 5.91 Å². The van der Waals surface area contributed by atoms with Gasteiger partial charge in [-0.3, -0.25) is 9.59 Å². The second-order valence-corrected chi connectivity index (χ2v) is 6.28. The Kier molecular flexibility index (Phi) is 3.89. The summed E-state index contributed by atoms with van der Waals surface area (Å²) in [5, 5.41) is 3.39. The van der Waals surface area contributed by atoms with Gasteiger partial charge in [0.25, 0.3) is 11.5 Å². The Morgan fingerprint density at radius 1 is 1.55 bits per heavy atom. The van der Waals surface area contributed by atoms with Gasteiger partial charge in [-0.1, -0.05) is 19.1 Å². The van der Waals surface area contributed by atoms with Crippen LogP contribution in [0.1, 0.15) is 34.6 Å². The fourth-order valence-corrected chi connectivity index (χ4v) is 3.55. The van der Waals surface area contributed by atoms with Crippen LogP contribution in [-0.4, -0.2) is 21.6 Å². The molecule has 0 radical (unpaired) electrons. The van der Waals surface area contributed by atoms with Crippen LogP contribution in [0.3, 0.4) is 0 Å². The lowest BCUT2D eigenvalue weighted by Crippen LogP contribution is -2.28. The van der Waals surface area contributed by atoms with Crippen molar-refractivity contribution in [1.82, 2.24) is 15.3 Å². The van der Waals surface area contributed by atoms with Crippen molar-refractivity contribution >= 4 is 23.4 Å². The maximum atomic E-state index is 12.2. The Hall–Kier alpha value is -2.28. The van der Waals surface area contributed by atoms with Crippen LogP contribution in [0.4, 0.5) is 5.69 Å². The van der Waals surface area contributed by atoms with Crippen LogP contribution >= 0.6 is 11.8 Å². The SMILES string of the molecule is CC1CSc2nc(C(=O)NCc3cccc(N)c3)[nH]c(=O)c21. The summed E-state index contributed by atoms with van der Waals surface area (Å²) in [4.78, 5) is 31.0. The van der Waals surface area contributed by atoms with Crippen LogP contribution in [0.15, 0.2) is 34.1 Å². The van der Waals surface area contributed by atoms with Gasteiger partial charge in [0.05, 0.1) is 5.56 Å². The Morgan fingerprint density at radius 3 is 3.14 bits per heavy atom. The molecule has 2 heterocycles. The Balaban J connectivity index is 1.76. The molecular weight excluding hydrogens is 300 g/mol. The number of rotatable bonds is 3. The minimum Gasteiger partial charge on any atom is -0.399 e. The Bertz CT molecular complexity index is 787. The number of hydrogen-bond donors (Lipinski definition) is 3. The molecule has 4 N–H and O–H groups in total. The van der Waals surface area contributed by atoms with E-state index in [-0.39, 0.29) is 17.3 Å². The quantitative estimate of drug-likeness (QED) is 0.588. The first-order chi connectivity index (χ1) is 10.5. The molecule has 1 amide bonds. The minimum absolute atomic E-state index is 0.0502. The highest BCUT2D eigenvalue weighted by Crippen LogP contribution is 2.35. The molecule has 1 aromatic carbocycles. The van der Waals surface area contributed by atoms with Crippen LogP contribution in [0.25, 0.3) is 0 Å². The average molecular weight is 316 g/mol. The first-order valence-corrected chi connectivity index (χ1v) is 7.93. The van der Waals surface area contributed by atoms with E-state index in [2.05, 4.69) is 15.3 Å². The summed E-state index contributed by atoms with van der Waals surface area (Å²) in [5.74, 6) is 0.636. The van der Waals surface area contributed by atoms with E-state index in [0.29, 0.717) is 22.8 Å². The standard InChI is InChI=1S/C15H16N4O2S/c1-8-7-22-15-11(8)13(20)18-12(19-15)14(21)17-6-9-3-2-4-10(16)5-9/h2-5,8H,6-7,16H2,1H3,(H,17,21)(H,18,19,20). The first kappa shape index (κ1) is 14.6. The van der Waals surface area contributed by atoms with Gasteiger partial charge < -0.3 is 16.0 Å². The number of H-pyrrole nitrogens is 1. The van der Waals surface area contributed by atoms with Crippen LogP contribution in [0, 0.1) is 0 Å². The third kappa shape index (κ3) is 2.85. The van der Waals surface area contributed by atoms with E-state index in [1.54, 1.807) is 12.1 Å². The molecule has 114 valence electrons. The summed E-state index contributed by atoms with van der Waals surface area (Å²) in [6.45, 7) is 2.31. The molecule has 1 atom stereocenters. The molecule has 0 spiro atoms. The summed E-state index contributed by atoms with van der Waals surface area (Å²) in [6, 6.07) is 7.26. The number of nitrogens with one attached hydrogen (secondary N) is 2. The van der Waals surface area contributed by atoms with E-state index >= 15 is 0 Å². The summed E-state index contributed by atoms with van der Waals surface area (Å²) in [6.07, 6.45) is 0. The summed E-state index contributed by atoms with van der Waals surface area (Å²) in [7, 11) is 0. The molecule has 1 unspecified atom stereocenters. The number of thioether (sulfide) groups is 1. The number of hydrogen-bond acceptors (Lipinski definition) is 5. The first-order valence-electron chi connectivity index (χ1n) is 6.94. The van der Waals surface area contributed by atoms with Gasteiger partial charge in [-0.15, -0.1) is 11.8 Å². The maximum absolute atomic E-state index is 12.2. The van der Waals surface area contributed by atoms with Crippen LogP contribution in [-0.2, 0) is 6.54 Å². The number of carbonyl (C=O) groups excluding carboxylic acids is 1. The van der Waals surface area contributed by atoms with Crippen molar-refractivity contribution in [2.45, 2.75) is 24.4 Å². The van der Waals surface area contributed by atoms with Crippen molar-refractivity contribution in [3.8, 4) is 0 Å². The van der Waals surface area contributed by atoms with Gasteiger partial charge >= 0.3 is 0 Å². The molecule has 0 bridgehead atoms. The zero-order valence-electron chi connectivity index (χ0n) is 12.1. The number of amides is 1. The molecule has 7 heteroatoms. The van der Waals surface area contributed by atoms with E-state index in [9.17, 15) is 9.59 Å². The smallest absolute Gasteiger partial charge is 0.287 e. The van der Waals surface area contributed by atoms with Crippen molar-refractivity contribution in [2.75, 3.05) is 11.5 Å². The number of benzene rings is 1. The second-order valence-electron chi connectivity index (χ2n) is 5.27. The monoisotopic (exact) mass is 316 g/mol. The lowest BCUT2D eigenvalue weighted by atomic mass is 10.1. The molecule has 0 fully saturated rings.